The summed E-state index contributed by atoms with van der Waals surface area (Å²) in [6.07, 6.45) is 1.91. The lowest BCUT2D eigenvalue weighted by Crippen LogP contribution is -2.55. The lowest BCUT2D eigenvalue weighted by Gasteiger charge is -2.29. The second kappa shape index (κ2) is 20.1. The van der Waals surface area contributed by atoms with Crippen LogP contribution in [0.5, 0.6) is 0 Å². The van der Waals surface area contributed by atoms with Gasteiger partial charge in [-0.2, -0.15) is 0 Å². The number of amides is 4. The number of nitrogens with zero attached hydrogens (tertiary/aromatic N) is 1. The molecule has 0 unspecified atom stereocenters. The first kappa shape index (κ1) is 40.8. The molecule has 17 heteroatoms. The van der Waals surface area contributed by atoms with E-state index in [9.17, 15) is 33.9 Å². The Morgan fingerprint density at radius 3 is 2.00 bits per heavy atom. The molecule has 0 saturated carbocycles. The van der Waals surface area contributed by atoms with Crippen LogP contribution in [-0.4, -0.2) is 106 Å². The maximum atomic E-state index is 13.3. The van der Waals surface area contributed by atoms with Crippen molar-refractivity contribution in [3.63, 3.8) is 0 Å². The van der Waals surface area contributed by atoms with Crippen molar-refractivity contribution in [2.24, 2.45) is 28.3 Å². The van der Waals surface area contributed by atoms with Crippen molar-refractivity contribution in [3.8, 4) is 0 Å². The van der Waals surface area contributed by atoms with Gasteiger partial charge in [0.1, 0.15) is 24.2 Å². The summed E-state index contributed by atoms with van der Waals surface area (Å²) in [7, 11) is 0. The number of hydrogen-bond acceptors (Lipinski definition) is 9. The molecule has 266 valence electrons. The molecule has 0 bridgehead atoms. The molecule has 4 amide bonds. The van der Waals surface area contributed by atoms with Crippen molar-refractivity contribution in [3.05, 3.63) is 12.2 Å². The maximum absolute atomic E-state index is 13.3. The highest BCUT2D eigenvalue weighted by atomic mass is 16.4. The van der Waals surface area contributed by atoms with Crippen molar-refractivity contribution in [1.82, 2.24) is 26.6 Å². The molecule has 1 saturated heterocycles. The second-order valence-corrected chi connectivity index (χ2v) is 12.5. The maximum Gasteiger partial charge on any atom is 0.328 e. The molecule has 7 atom stereocenters. The second-order valence-electron chi connectivity index (χ2n) is 12.5. The van der Waals surface area contributed by atoms with E-state index in [4.69, 9.17) is 21.7 Å². The van der Waals surface area contributed by atoms with E-state index in [1.54, 1.807) is 6.92 Å². The van der Waals surface area contributed by atoms with Crippen LogP contribution in [0.15, 0.2) is 17.1 Å². The summed E-state index contributed by atoms with van der Waals surface area (Å²) in [5, 5.41) is 42.3. The number of hydrogen-bond donors (Lipinski definition) is 10. The first-order valence-corrected chi connectivity index (χ1v) is 15.8. The van der Waals surface area contributed by atoms with Crippen LogP contribution in [0.25, 0.3) is 0 Å². The molecule has 12 N–H and O–H groups in total. The highest BCUT2D eigenvalue weighted by Gasteiger charge is 2.48. The molecule has 17 nitrogen and oxygen atoms in total. The van der Waals surface area contributed by atoms with Gasteiger partial charge in [0, 0.05) is 18.7 Å². The first-order valence-electron chi connectivity index (χ1n) is 15.8. The number of nitrogens with one attached hydrogen (secondary N) is 5. The zero-order chi connectivity index (χ0) is 35.8. The molecule has 0 aromatic heterocycles. The number of nitrogens with two attached hydrogens (primary N) is 2. The number of guanidine groups is 1. The lowest BCUT2D eigenvalue weighted by atomic mass is 9.95. The van der Waals surface area contributed by atoms with Crippen LogP contribution in [0.2, 0.25) is 0 Å². The molecule has 1 rings (SSSR count). The predicted octanol–water partition coefficient (Wildman–Crippen LogP) is -1.70. The molecule has 1 fully saturated rings. The quantitative estimate of drug-likeness (QED) is 0.0203. The highest BCUT2D eigenvalue weighted by Crippen LogP contribution is 2.15. The zero-order valence-electron chi connectivity index (χ0n) is 27.7. The van der Waals surface area contributed by atoms with E-state index in [1.165, 1.54) is 6.08 Å². The van der Waals surface area contributed by atoms with Crippen LogP contribution in [0.4, 0.5) is 0 Å². The fourth-order valence-electron chi connectivity index (χ4n) is 4.80. The third kappa shape index (κ3) is 16.2. The Hall–Kier alpha value is -4.25. The summed E-state index contributed by atoms with van der Waals surface area (Å²) in [5.41, 5.74) is 10.6. The topological polar surface area (TPSA) is 298 Å². The van der Waals surface area contributed by atoms with E-state index in [1.807, 2.05) is 27.7 Å². The minimum Gasteiger partial charge on any atom is -0.480 e. The van der Waals surface area contributed by atoms with Crippen molar-refractivity contribution < 1.29 is 44.1 Å². The summed E-state index contributed by atoms with van der Waals surface area (Å²) < 4.78 is 0. The van der Waals surface area contributed by atoms with Gasteiger partial charge in [0.2, 0.25) is 23.6 Å². The number of aliphatic carboxylic acids is 2. The van der Waals surface area contributed by atoms with Gasteiger partial charge in [-0.05, 0) is 43.9 Å². The number of aliphatic hydroxyl groups excluding tert-OH is 1. The van der Waals surface area contributed by atoms with Gasteiger partial charge in [0.25, 0.3) is 0 Å². The van der Waals surface area contributed by atoms with Gasteiger partial charge in [0.05, 0.1) is 18.6 Å². The third-order valence-electron chi connectivity index (χ3n) is 7.21. The van der Waals surface area contributed by atoms with Crippen LogP contribution in [0.3, 0.4) is 0 Å². The number of carboxylic acid groups (broad SMARTS) is 2. The standard InChI is InChI=1S/C30H52N8O9/c1-6-18(26(43)34-17(9-10-23(41)42)8-7-11-33-30(31)32)35-22(40)14-21(39)19(12-15(2)3)36-27(44)20(13-16(4)5)37-28(45)24-25(38-24)29(46)47/h9-10,15-21,24-25,38-39H,6-8,11-14H2,1-5H3,(H,34,43)(H,35,40)(H,36,44)(H,37,45)(H,41,42)(H,46,47)(H4,31,32,33)/b10-9+/t17-,18-,19-,20-,21-,24-,25+/m0/s1. The van der Waals surface area contributed by atoms with E-state index in [0.717, 1.165) is 6.08 Å². The SMILES string of the molecule is CC[C@H](NC(=O)C[C@H](O)[C@H](CC(C)C)NC(=O)[C@H](CC(C)C)NC(=O)[C@H]1N[C@H]1C(=O)O)C(=O)N[C@H](/C=C/C(=O)O)CCCN=C(N)N. The fourth-order valence-corrected chi connectivity index (χ4v) is 4.80. The Balaban J connectivity index is 2.90. The van der Waals surface area contributed by atoms with Crippen LogP contribution in [0, 0.1) is 11.8 Å². The van der Waals surface area contributed by atoms with Gasteiger partial charge in [-0.3, -0.25) is 34.3 Å². The summed E-state index contributed by atoms with van der Waals surface area (Å²) in [4.78, 5) is 77.9. The molecular weight excluding hydrogens is 616 g/mol. The van der Waals surface area contributed by atoms with Crippen LogP contribution in [0.1, 0.15) is 73.1 Å². The summed E-state index contributed by atoms with van der Waals surface area (Å²) in [6, 6.07) is -5.54. The number of carbonyl (C=O) groups is 6. The van der Waals surface area contributed by atoms with Crippen molar-refractivity contribution >= 4 is 41.5 Å². The zero-order valence-corrected chi connectivity index (χ0v) is 27.7. The molecule has 1 heterocycles. The monoisotopic (exact) mass is 668 g/mol. The number of carbonyl (C=O) groups excluding carboxylic acids is 4. The Kier molecular flexibility index (Phi) is 17.4. The van der Waals surface area contributed by atoms with Crippen molar-refractivity contribution in [1.29, 1.82) is 0 Å². The van der Waals surface area contributed by atoms with E-state index in [-0.39, 0.29) is 37.2 Å². The van der Waals surface area contributed by atoms with Crippen molar-refractivity contribution in [2.45, 2.75) is 115 Å². The Labute approximate surface area is 274 Å². The molecule has 0 spiro atoms. The number of aliphatic imine (C=N–C) groups is 1. The lowest BCUT2D eigenvalue weighted by molar-refractivity contribution is -0.137. The van der Waals surface area contributed by atoms with Gasteiger partial charge >= 0.3 is 11.9 Å². The molecule has 0 aliphatic carbocycles. The highest BCUT2D eigenvalue weighted by molar-refractivity contribution is 5.97. The molecular formula is C30H52N8O9. The minimum atomic E-state index is -1.35. The molecule has 0 radical (unpaired) electrons. The van der Waals surface area contributed by atoms with Gasteiger partial charge < -0.3 is 48.1 Å². The number of rotatable bonds is 22. The van der Waals surface area contributed by atoms with E-state index < -0.39 is 84.3 Å². The molecule has 0 aromatic carbocycles. The Bertz CT molecular complexity index is 1160. The average Bonchev–Trinajstić information content (AvgIpc) is 3.77. The Morgan fingerprint density at radius 2 is 1.49 bits per heavy atom. The summed E-state index contributed by atoms with van der Waals surface area (Å²) >= 11 is 0. The van der Waals surface area contributed by atoms with E-state index in [0.29, 0.717) is 19.3 Å². The third-order valence-corrected chi connectivity index (χ3v) is 7.21. The Morgan fingerprint density at radius 1 is 0.872 bits per heavy atom. The van der Waals surface area contributed by atoms with Crippen LogP contribution >= 0.6 is 0 Å². The summed E-state index contributed by atoms with van der Waals surface area (Å²) in [5.74, 6) is -4.91. The molecule has 0 aromatic rings. The first-order chi connectivity index (χ1) is 21.9. The normalized spacial score (nSPS) is 18.8. The smallest absolute Gasteiger partial charge is 0.328 e. The van der Waals surface area contributed by atoms with E-state index in [2.05, 4.69) is 31.6 Å². The fraction of sp³-hybridized carbons (Fsp3) is 0.700. The molecule has 1 aliphatic heterocycles. The summed E-state index contributed by atoms with van der Waals surface area (Å²) in [6.45, 7) is 9.38. The largest absolute Gasteiger partial charge is 0.480 e. The minimum absolute atomic E-state index is 0.0000761. The average molecular weight is 669 g/mol. The predicted molar refractivity (Wildman–Crippen MR) is 173 cm³/mol. The van der Waals surface area contributed by atoms with Gasteiger partial charge in [-0.1, -0.05) is 40.7 Å². The van der Waals surface area contributed by atoms with E-state index >= 15 is 0 Å². The number of aliphatic hydroxyl groups is 1. The van der Waals surface area contributed by atoms with Crippen molar-refractivity contribution in [2.75, 3.05) is 6.54 Å². The molecule has 1 aliphatic rings. The van der Waals surface area contributed by atoms with Gasteiger partial charge in [-0.25, -0.2) is 4.79 Å². The van der Waals surface area contributed by atoms with Crippen LogP contribution in [-0.2, 0) is 28.8 Å². The molecule has 47 heavy (non-hydrogen) atoms. The van der Waals surface area contributed by atoms with Gasteiger partial charge in [-0.15, -0.1) is 0 Å². The van der Waals surface area contributed by atoms with Gasteiger partial charge in [0.15, 0.2) is 5.96 Å². The van der Waals surface area contributed by atoms with Crippen LogP contribution < -0.4 is 38.1 Å². The number of carboxylic acids is 2.